The molecule has 0 saturated carbocycles. The Balaban J connectivity index is 2.71. The molecule has 0 saturated heterocycles. The van der Waals surface area contributed by atoms with Crippen LogP contribution in [0, 0.1) is 11.3 Å². The van der Waals surface area contributed by atoms with Gasteiger partial charge in [0, 0.05) is 6.20 Å². The molecule has 1 heterocycles. The van der Waals surface area contributed by atoms with Crippen LogP contribution in [0.4, 0.5) is 5.69 Å². The van der Waals surface area contributed by atoms with E-state index in [1.807, 2.05) is 6.07 Å². The average molecular weight is 223 g/mol. The second kappa shape index (κ2) is 5.22. The molecule has 5 nitrogen and oxygen atoms in total. The van der Waals surface area contributed by atoms with Gasteiger partial charge in [-0.15, -0.1) is 0 Å². The first kappa shape index (κ1) is 11.3. The van der Waals surface area contributed by atoms with Crippen molar-refractivity contribution in [1.82, 2.24) is 4.98 Å². The summed E-state index contributed by atoms with van der Waals surface area (Å²) in [6, 6.07) is 3.45. The maximum Gasteiger partial charge on any atom is 0.316 e. The van der Waals surface area contributed by atoms with Crippen LogP contribution >= 0.6 is 11.8 Å². The molecule has 0 spiro atoms. The quantitative estimate of drug-likeness (QED) is 0.602. The summed E-state index contributed by atoms with van der Waals surface area (Å²) in [6.45, 7) is 0. The Bertz CT molecular complexity index is 414. The second-order valence-corrected chi connectivity index (χ2v) is 3.56. The largest absolute Gasteiger partial charge is 0.468 e. The van der Waals surface area contributed by atoms with E-state index in [0.717, 1.165) is 0 Å². The van der Waals surface area contributed by atoms with E-state index in [9.17, 15) is 4.79 Å². The first-order chi connectivity index (χ1) is 7.17. The van der Waals surface area contributed by atoms with Crippen LogP contribution in [0.3, 0.4) is 0 Å². The lowest BCUT2D eigenvalue weighted by molar-refractivity contribution is -0.137. The minimum Gasteiger partial charge on any atom is -0.468 e. The van der Waals surface area contributed by atoms with Gasteiger partial charge in [0.25, 0.3) is 0 Å². The predicted molar refractivity (Wildman–Crippen MR) is 56.1 cm³/mol. The van der Waals surface area contributed by atoms with Crippen molar-refractivity contribution in [2.24, 2.45) is 0 Å². The van der Waals surface area contributed by atoms with Gasteiger partial charge in [-0.05, 0) is 6.07 Å². The molecular formula is C9H9N3O2S. The number of nitrogens with zero attached hydrogens (tertiary/aromatic N) is 2. The lowest BCUT2D eigenvalue weighted by atomic mass is 10.3. The molecule has 0 atom stereocenters. The molecule has 0 aromatic carbocycles. The standard InChI is InChI=1S/C9H9N3O2S/c1-14-8(13)5-15-9-7(11)2-6(3-10)4-12-9/h2,4H,5,11H2,1H3. The number of esters is 1. The smallest absolute Gasteiger partial charge is 0.316 e. The maximum atomic E-state index is 10.9. The zero-order valence-corrected chi connectivity index (χ0v) is 8.87. The molecular weight excluding hydrogens is 214 g/mol. The minimum atomic E-state index is -0.342. The number of hydrogen-bond donors (Lipinski definition) is 1. The van der Waals surface area contributed by atoms with Gasteiger partial charge in [-0.1, -0.05) is 11.8 Å². The van der Waals surface area contributed by atoms with Gasteiger partial charge in [0.1, 0.15) is 11.1 Å². The van der Waals surface area contributed by atoms with Crippen molar-refractivity contribution in [2.45, 2.75) is 5.03 Å². The second-order valence-electron chi connectivity index (χ2n) is 2.59. The maximum absolute atomic E-state index is 10.9. The van der Waals surface area contributed by atoms with E-state index in [-0.39, 0.29) is 11.7 Å². The molecule has 6 heteroatoms. The van der Waals surface area contributed by atoms with Crippen molar-refractivity contribution in [3.05, 3.63) is 17.8 Å². The predicted octanol–water partition coefficient (Wildman–Crippen LogP) is 0.801. The van der Waals surface area contributed by atoms with Gasteiger partial charge >= 0.3 is 5.97 Å². The lowest BCUT2D eigenvalue weighted by Crippen LogP contribution is -2.04. The highest BCUT2D eigenvalue weighted by atomic mass is 32.2. The molecule has 0 radical (unpaired) electrons. The molecule has 2 N–H and O–H groups in total. The van der Waals surface area contributed by atoms with Crippen molar-refractivity contribution in [2.75, 3.05) is 18.6 Å². The summed E-state index contributed by atoms with van der Waals surface area (Å²) in [6.07, 6.45) is 1.41. The van der Waals surface area contributed by atoms with Crippen LogP contribution in [-0.2, 0) is 9.53 Å². The van der Waals surface area contributed by atoms with Gasteiger partial charge in [0.2, 0.25) is 0 Å². The first-order valence-corrected chi connectivity index (χ1v) is 5.01. The number of carbonyl (C=O) groups is 1. The number of pyridine rings is 1. The summed E-state index contributed by atoms with van der Waals surface area (Å²) in [4.78, 5) is 14.8. The third-order valence-corrected chi connectivity index (χ3v) is 2.56. The van der Waals surface area contributed by atoms with Crippen LogP contribution < -0.4 is 5.73 Å². The number of rotatable bonds is 3. The summed E-state index contributed by atoms with van der Waals surface area (Å²) in [5.74, 6) is -0.190. The number of nitriles is 1. The van der Waals surface area contributed by atoms with Crippen LogP contribution in [0.25, 0.3) is 0 Å². The molecule has 15 heavy (non-hydrogen) atoms. The van der Waals surface area contributed by atoms with Crippen molar-refractivity contribution >= 4 is 23.4 Å². The van der Waals surface area contributed by atoms with Crippen LogP contribution in [0.2, 0.25) is 0 Å². The topological polar surface area (TPSA) is 89.0 Å². The molecule has 1 aromatic rings. The van der Waals surface area contributed by atoms with Crippen LogP contribution in [-0.4, -0.2) is 23.8 Å². The number of methoxy groups -OCH3 is 1. The van der Waals surface area contributed by atoms with Gasteiger partial charge in [0.05, 0.1) is 24.1 Å². The summed E-state index contributed by atoms with van der Waals surface area (Å²) in [7, 11) is 1.32. The van der Waals surface area contributed by atoms with Crippen LogP contribution in [0.5, 0.6) is 0 Å². The van der Waals surface area contributed by atoms with E-state index in [4.69, 9.17) is 11.0 Å². The van der Waals surface area contributed by atoms with Gasteiger partial charge in [-0.3, -0.25) is 4.79 Å². The Morgan fingerprint density at radius 2 is 2.53 bits per heavy atom. The van der Waals surface area contributed by atoms with Crippen LogP contribution in [0.1, 0.15) is 5.56 Å². The van der Waals surface area contributed by atoms with E-state index in [2.05, 4.69) is 9.72 Å². The van der Waals surface area contributed by atoms with Gasteiger partial charge in [0.15, 0.2) is 0 Å². The monoisotopic (exact) mass is 223 g/mol. The Kier molecular flexibility index (Phi) is 3.94. The highest BCUT2D eigenvalue weighted by Gasteiger charge is 2.06. The Labute approximate surface area is 91.2 Å². The number of carbonyl (C=O) groups excluding carboxylic acids is 1. The number of anilines is 1. The SMILES string of the molecule is COC(=O)CSc1ncc(C#N)cc1N. The molecule has 0 aliphatic rings. The molecule has 0 bridgehead atoms. The Hall–Kier alpha value is -1.74. The normalized spacial score (nSPS) is 9.33. The number of ether oxygens (including phenoxy) is 1. The molecule has 1 aromatic heterocycles. The number of hydrogen-bond acceptors (Lipinski definition) is 6. The third-order valence-electron chi connectivity index (χ3n) is 1.56. The Morgan fingerprint density at radius 3 is 3.07 bits per heavy atom. The number of thioether (sulfide) groups is 1. The van der Waals surface area contributed by atoms with E-state index >= 15 is 0 Å². The van der Waals surface area contributed by atoms with Crippen molar-refractivity contribution < 1.29 is 9.53 Å². The molecule has 78 valence electrons. The molecule has 0 fully saturated rings. The summed E-state index contributed by atoms with van der Waals surface area (Å²) < 4.78 is 4.48. The summed E-state index contributed by atoms with van der Waals surface area (Å²) >= 11 is 1.18. The molecule has 0 aliphatic heterocycles. The summed E-state index contributed by atoms with van der Waals surface area (Å²) in [5, 5.41) is 9.11. The number of nitrogen functional groups attached to an aromatic ring is 1. The van der Waals surface area contributed by atoms with Gasteiger partial charge < -0.3 is 10.5 Å². The molecule has 0 unspecified atom stereocenters. The highest BCUT2D eigenvalue weighted by molar-refractivity contribution is 8.00. The van der Waals surface area contributed by atoms with E-state index in [0.29, 0.717) is 16.3 Å². The van der Waals surface area contributed by atoms with E-state index in [1.54, 1.807) is 0 Å². The zero-order chi connectivity index (χ0) is 11.3. The minimum absolute atomic E-state index is 0.152. The number of nitrogens with two attached hydrogens (primary N) is 1. The van der Waals surface area contributed by atoms with Gasteiger partial charge in [-0.2, -0.15) is 5.26 Å². The fourth-order valence-corrected chi connectivity index (χ4v) is 1.56. The molecule has 1 rings (SSSR count). The Morgan fingerprint density at radius 1 is 1.80 bits per heavy atom. The van der Waals surface area contributed by atoms with E-state index < -0.39 is 0 Å². The van der Waals surface area contributed by atoms with E-state index in [1.165, 1.54) is 31.1 Å². The fourth-order valence-electron chi connectivity index (χ4n) is 0.837. The van der Waals surface area contributed by atoms with Crippen molar-refractivity contribution in [1.29, 1.82) is 5.26 Å². The first-order valence-electron chi connectivity index (χ1n) is 4.02. The lowest BCUT2D eigenvalue weighted by Gasteiger charge is -2.03. The fraction of sp³-hybridized carbons (Fsp3) is 0.222. The highest BCUT2D eigenvalue weighted by Crippen LogP contribution is 2.22. The third kappa shape index (κ3) is 3.14. The summed E-state index contributed by atoms with van der Waals surface area (Å²) in [5.41, 5.74) is 6.43. The molecule has 0 amide bonds. The van der Waals surface area contributed by atoms with Crippen molar-refractivity contribution in [3.8, 4) is 6.07 Å². The van der Waals surface area contributed by atoms with Crippen LogP contribution in [0.15, 0.2) is 17.3 Å². The number of aromatic nitrogens is 1. The van der Waals surface area contributed by atoms with Gasteiger partial charge in [-0.25, -0.2) is 4.98 Å². The molecule has 0 aliphatic carbocycles. The van der Waals surface area contributed by atoms with Crippen molar-refractivity contribution in [3.63, 3.8) is 0 Å². The zero-order valence-electron chi connectivity index (χ0n) is 8.06. The average Bonchev–Trinajstić information content (AvgIpc) is 2.26.